The Morgan fingerprint density at radius 3 is 2.88 bits per heavy atom. The molecule has 166 valence electrons. The lowest BCUT2D eigenvalue weighted by molar-refractivity contribution is 0.0897. The standard InChI is InChI=1S/C23H24FN5O3/c1-12-19(13(2)32-27-12)16-8-17(24)20-21-22(16)31-11-18(14-4-3-6-25-9-14)29(21)23(26-20)28-7-5-15(30)10-28/h3-4,6,8-9,13,15,18-19,30H,5,7,10-11H2,1-2H3/t13?,15-,18?,19?/m1/s1. The minimum absolute atomic E-state index is 0.195. The Kier molecular flexibility index (Phi) is 4.36. The van der Waals surface area contributed by atoms with E-state index in [1.54, 1.807) is 12.4 Å². The highest BCUT2D eigenvalue weighted by atomic mass is 19.1. The van der Waals surface area contributed by atoms with Gasteiger partial charge >= 0.3 is 0 Å². The van der Waals surface area contributed by atoms with E-state index < -0.39 is 11.9 Å². The lowest BCUT2D eigenvalue weighted by Gasteiger charge is -2.31. The number of benzene rings is 1. The highest BCUT2D eigenvalue weighted by Gasteiger charge is 2.39. The van der Waals surface area contributed by atoms with Gasteiger partial charge in [-0.15, -0.1) is 0 Å². The number of pyridine rings is 1. The number of halogens is 1. The molecule has 0 spiro atoms. The van der Waals surface area contributed by atoms with Crippen LogP contribution >= 0.6 is 0 Å². The van der Waals surface area contributed by atoms with Crippen molar-refractivity contribution in [3.8, 4) is 5.75 Å². The van der Waals surface area contributed by atoms with Crippen LogP contribution in [0.2, 0.25) is 0 Å². The van der Waals surface area contributed by atoms with Gasteiger partial charge in [-0.2, -0.15) is 0 Å². The number of hydrogen-bond donors (Lipinski definition) is 1. The number of aromatic nitrogens is 3. The highest BCUT2D eigenvalue weighted by Crippen LogP contribution is 2.46. The van der Waals surface area contributed by atoms with E-state index in [1.165, 1.54) is 6.07 Å². The van der Waals surface area contributed by atoms with Crippen molar-refractivity contribution in [1.29, 1.82) is 0 Å². The monoisotopic (exact) mass is 437 g/mol. The van der Waals surface area contributed by atoms with Crippen LogP contribution in [-0.2, 0) is 4.84 Å². The van der Waals surface area contributed by atoms with Crippen LogP contribution in [0.4, 0.5) is 10.3 Å². The second-order valence-corrected chi connectivity index (χ2v) is 8.78. The van der Waals surface area contributed by atoms with Gasteiger partial charge in [-0.05, 0) is 38.0 Å². The number of oxime groups is 1. The molecule has 2 aromatic heterocycles. The summed E-state index contributed by atoms with van der Waals surface area (Å²) in [6.45, 7) is 5.30. The van der Waals surface area contributed by atoms with Gasteiger partial charge in [0.25, 0.3) is 0 Å². The summed E-state index contributed by atoms with van der Waals surface area (Å²) in [4.78, 5) is 16.5. The first-order valence-electron chi connectivity index (χ1n) is 10.9. The Balaban J connectivity index is 1.61. The number of ether oxygens (including phenoxy) is 1. The summed E-state index contributed by atoms with van der Waals surface area (Å²) >= 11 is 0. The number of imidazole rings is 1. The molecule has 3 aliphatic rings. The minimum atomic E-state index is -0.422. The first-order valence-corrected chi connectivity index (χ1v) is 10.9. The predicted molar refractivity (Wildman–Crippen MR) is 117 cm³/mol. The maximum absolute atomic E-state index is 15.5. The summed E-state index contributed by atoms with van der Waals surface area (Å²) in [7, 11) is 0. The Hall–Kier alpha value is -3.20. The molecule has 3 aliphatic heterocycles. The van der Waals surface area contributed by atoms with Crippen molar-refractivity contribution in [3.63, 3.8) is 0 Å². The zero-order valence-electron chi connectivity index (χ0n) is 17.9. The predicted octanol–water partition coefficient (Wildman–Crippen LogP) is 3.00. The molecule has 1 fully saturated rings. The molecule has 0 saturated carbocycles. The van der Waals surface area contributed by atoms with Crippen LogP contribution in [0.1, 0.15) is 43.4 Å². The molecule has 1 N–H and O–H groups in total. The second-order valence-electron chi connectivity index (χ2n) is 8.78. The van der Waals surface area contributed by atoms with Crippen LogP contribution in [0.15, 0.2) is 35.7 Å². The molecule has 4 atom stereocenters. The van der Waals surface area contributed by atoms with E-state index >= 15 is 4.39 Å². The summed E-state index contributed by atoms with van der Waals surface area (Å²) in [5.74, 6) is 0.670. The van der Waals surface area contributed by atoms with Gasteiger partial charge in [-0.3, -0.25) is 9.55 Å². The summed E-state index contributed by atoms with van der Waals surface area (Å²) in [6.07, 6.45) is 3.55. The molecule has 0 aliphatic carbocycles. The van der Waals surface area contributed by atoms with Crippen molar-refractivity contribution >= 4 is 22.7 Å². The molecule has 3 aromatic rings. The molecular weight excluding hydrogens is 413 g/mol. The molecule has 8 nitrogen and oxygen atoms in total. The summed E-state index contributed by atoms with van der Waals surface area (Å²) in [5, 5.41) is 14.2. The Labute approximate surface area is 184 Å². The normalized spacial score (nSPS) is 26.9. The Morgan fingerprint density at radius 2 is 2.19 bits per heavy atom. The van der Waals surface area contributed by atoms with Gasteiger partial charge in [0.2, 0.25) is 5.95 Å². The van der Waals surface area contributed by atoms with Gasteiger partial charge in [0, 0.05) is 31.0 Å². The zero-order valence-corrected chi connectivity index (χ0v) is 17.9. The van der Waals surface area contributed by atoms with Crippen LogP contribution in [0.3, 0.4) is 0 Å². The average molecular weight is 437 g/mol. The van der Waals surface area contributed by atoms with Crippen molar-refractivity contribution in [2.45, 2.75) is 44.4 Å². The average Bonchev–Trinajstić information content (AvgIpc) is 3.49. The van der Waals surface area contributed by atoms with Crippen molar-refractivity contribution in [2.75, 3.05) is 24.6 Å². The van der Waals surface area contributed by atoms with Gasteiger partial charge in [0.15, 0.2) is 5.82 Å². The molecular formula is C23H24FN5O3. The molecule has 0 bridgehead atoms. The van der Waals surface area contributed by atoms with Crippen LogP contribution in [0, 0.1) is 5.82 Å². The van der Waals surface area contributed by atoms with Gasteiger partial charge in [0.05, 0.1) is 23.8 Å². The highest BCUT2D eigenvalue weighted by molar-refractivity contribution is 5.95. The number of nitrogens with zero attached hydrogens (tertiary/aromatic N) is 5. The molecule has 3 unspecified atom stereocenters. The molecule has 1 aromatic carbocycles. The van der Waals surface area contributed by atoms with Crippen LogP contribution in [0.5, 0.6) is 5.75 Å². The number of anilines is 1. The van der Waals surface area contributed by atoms with Gasteiger partial charge in [-0.1, -0.05) is 11.2 Å². The molecule has 9 heteroatoms. The summed E-state index contributed by atoms with van der Waals surface area (Å²) in [6, 6.07) is 5.17. The largest absolute Gasteiger partial charge is 0.488 e. The lowest BCUT2D eigenvalue weighted by Crippen LogP contribution is -2.30. The van der Waals surface area contributed by atoms with E-state index in [-0.39, 0.29) is 23.6 Å². The van der Waals surface area contributed by atoms with E-state index in [4.69, 9.17) is 14.6 Å². The zero-order chi connectivity index (χ0) is 22.0. The van der Waals surface area contributed by atoms with Crippen molar-refractivity contribution in [1.82, 2.24) is 14.5 Å². The fourth-order valence-electron chi connectivity index (χ4n) is 5.19. The molecule has 5 heterocycles. The number of aliphatic hydroxyl groups is 1. The topological polar surface area (TPSA) is 85.0 Å². The number of rotatable bonds is 3. The third-order valence-corrected chi connectivity index (χ3v) is 6.71. The quantitative estimate of drug-likeness (QED) is 0.678. The summed E-state index contributed by atoms with van der Waals surface area (Å²) in [5.41, 5.74) is 3.37. The Morgan fingerprint density at radius 1 is 1.31 bits per heavy atom. The minimum Gasteiger partial charge on any atom is -0.488 e. The van der Waals surface area contributed by atoms with Gasteiger partial charge < -0.3 is 19.6 Å². The molecule has 0 radical (unpaired) electrons. The van der Waals surface area contributed by atoms with Crippen LogP contribution < -0.4 is 9.64 Å². The second kappa shape index (κ2) is 7.16. The van der Waals surface area contributed by atoms with E-state index in [9.17, 15) is 5.11 Å². The molecule has 6 rings (SSSR count). The number of hydrogen-bond acceptors (Lipinski definition) is 7. The molecule has 32 heavy (non-hydrogen) atoms. The maximum atomic E-state index is 15.5. The van der Waals surface area contributed by atoms with Crippen molar-refractivity contribution in [2.24, 2.45) is 5.16 Å². The Bertz CT molecular complexity index is 1230. The first kappa shape index (κ1) is 19.5. The third-order valence-electron chi connectivity index (χ3n) is 6.71. The van der Waals surface area contributed by atoms with Crippen LogP contribution in [-0.4, -0.2) is 57.3 Å². The molecule has 0 amide bonds. The fraction of sp³-hybridized carbons (Fsp3) is 0.435. The third kappa shape index (κ3) is 2.80. The van der Waals surface area contributed by atoms with Crippen LogP contribution in [0.25, 0.3) is 11.0 Å². The number of β-amino-alcohol motifs (C(OH)–C–C–N with tert-alkyl or cyclic N) is 1. The van der Waals surface area contributed by atoms with Gasteiger partial charge in [0.1, 0.15) is 29.5 Å². The van der Waals surface area contributed by atoms with Crippen molar-refractivity contribution in [3.05, 3.63) is 47.5 Å². The van der Waals surface area contributed by atoms with E-state index in [0.29, 0.717) is 43.3 Å². The SMILES string of the molecule is CC1=NOC(C)C1c1cc(F)c2nc(N3CC[C@@H](O)C3)n3c2c1OCC3c1cccnc1. The molecule has 1 saturated heterocycles. The summed E-state index contributed by atoms with van der Waals surface area (Å²) < 4.78 is 23.9. The fourth-order valence-corrected chi connectivity index (χ4v) is 5.19. The van der Waals surface area contributed by atoms with E-state index in [1.807, 2.05) is 30.9 Å². The lowest BCUT2D eigenvalue weighted by atomic mass is 9.89. The van der Waals surface area contributed by atoms with Gasteiger partial charge in [-0.25, -0.2) is 9.37 Å². The number of aliphatic hydroxyl groups excluding tert-OH is 1. The van der Waals surface area contributed by atoms with E-state index in [2.05, 4.69) is 14.7 Å². The first-order chi connectivity index (χ1) is 15.5. The van der Waals surface area contributed by atoms with Crippen molar-refractivity contribution < 1.29 is 19.1 Å². The maximum Gasteiger partial charge on any atom is 0.207 e. The van der Waals surface area contributed by atoms with E-state index in [0.717, 1.165) is 16.8 Å². The smallest absolute Gasteiger partial charge is 0.207 e.